The molecule has 0 aliphatic carbocycles. The van der Waals surface area contributed by atoms with Gasteiger partial charge in [-0.15, -0.1) is 0 Å². The molecule has 24 heavy (non-hydrogen) atoms. The Balaban J connectivity index is 0.00000208. The Morgan fingerprint density at radius 2 is 1.58 bits per heavy atom. The summed E-state index contributed by atoms with van der Waals surface area (Å²) in [7, 11) is 0. The molecule has 0 bridgehead atoms. The smallest absolute Gasteiger partial charge is 0.354 e. The van der Waals surface area contributed by atoms with E-state index in [1.54, 1.807) is 12.3 Å². The van der Waals surface area contributed by atoms with E-state index >= 15 is 0 Å². The van der Waals surface area contributed by atoms with Gasteiger partial charge in [-0.05, 0) is 37.1 Å². The monoisotopic (exact) mass is 498 g/mol. The van der Waals surface area contributed by atoms with Crippen LogP contribution in [0, 0.1) is 6.07 Å². The van der Waals surface area contributed by atoms with Crippen LogP contribution in [0.4, 0.5) is 0 Å². The van der Waals surface area contributed by atoms with Crippen LogP contribution < -0.4 is 0 Å². The summed E-state index contributed by atoms with van der Waals surface area (Å²) in [6, 6.07) is 20.2. The van der Waals surface area contributed by atoms with Crippen LogP contribution in [0.15, 0.2) is 60.8 Å². The van der Waals surface area contributed by atoms with Crippen LogP contribution in [0.3, 0.4) is 0 Å². The van der Waals surface area contributed by atoms with Crippen molar-refractivity contribution in [3.05, 3.63) is 95.1 Å². The Morgan fingerprint density at radius 3 is 2.25 bits per heavy atom. The zero-order valence-corrected chi connectivity index (χ0v) is 15.0. The molecule has 3 rings (SSSR count). The maximum absolute atomic E-state index is 11.0. The number of aromatic carboxylic acids is 1. The standard InChI is InChI=1S/C19H15N2O2.Pt/c22-19(23)18-9-4-8-17(21-18)13-15-6-3-5-14(11-15)12-16-7-1-2-10-20-16;/h1-10H,12-13H2,(H,22,23);/q-1;. The molecule has 1 aromatic carbocycles. The van der Waals surface area contributed by atoms with Crippen molar-refractivity contribution in [2.75, 3.05) is 0 Å². The van der Waals surface area contributed by atoms with Gasteiger partial charge in [0.05, 0.1) is 0 Å². The average molecular weight is 498 g/mol. The Morgan fingerprint density at radius 1 is 0.917 bits per heavy atom. The molecule has 0 aliphatic heterocycles. The summed E-state index contributed by atoms with van der Waals surface area (Å²) in [6.07, 6.45) is 3.05. The molecule has 0 aliphatic rings. The van der Waals surface area contributed by atoms with Crippen molar-refractivity contribution < 1.29 is 31.0 Å². The molecule has 1 N–H and O–H groups in total. The molecule has 0 fully saturated rings. The first-order valence-corrected chi connectivity index (χ1v) is 7.30. The number of hydrogen-bond acceptors (Lipinski definition) is 3. The van der Waals surface area contributed by atoms with Gasteiger partial charge in [0.25, 0.3) is 0 Å². The molecule has 124 valence electrons. The van der Waals surface area contributed by atoms with Gasteiger partial charge in [0.2, 0.25) is 0 Å². The number of pyridine rings is 2. The number of benzene rings is 1. The van der Waals surface area contributed by atoms with Crippen LogP contribution >= 0.6 is 0 Å². The van der Waals surface area contributed by atoms with E-state index in [-0.39, 0.29) is 26.8 Å². The molecule has 0 saturated heterocycles. The molecule has 2 aromatic heterocycles. The van der Waals surface area contributed by atoms with E-state index in [0.717, 1.165) is 28.9 Å². The SMILES string of the molecule is O=C(O)c1cccc(Cc2[c-]c(Cc3ccccn3)ccc2)n1.[Pt]. The third-order valence-corrected chi connectivity index (χ3v) is 3.41. The Kier molecular flexibility index (Phi) is 6.39. The Hall–Kier alpha value is -2.32. The van der Waals surface area contributed by atoms with Crippen LogP contribution in [0.2, 0.25) is 0 Å². The Bertz CT molecular complexity index is 822. The number of aromatic nitrogens is 2. The number of hydrogen-bond donors (Lipinski definition) is 1. The van der Waals surface area contributed by atoms with Crippen LogP contribution in [-0.2, 0) is 33.9 Å². The van der Waals surface area contributed by atoms with E-state index < -0.39 is 5.97 Å². The first-order chi connectivity index (χ1) is 11.2. The topological polar surface area (TPSA) is 63.1 Å². The minimum Gasteiger partial charge on any atom is -0.477 e. The molecule has 0 radical (unpaired) electrons. The Labute approximate surface area is 154 Å². The molecule has 5 heteroatoms. The van der Waals surface area contributed by atoms with Crippen molar-refractivity contribution >= 4 is 5.97 Å². The second kappa shape index (κ2) is 8.51. The second-order valence-electron chi connectivity index (χ2n) is 5.20. The number of carbonyl (C=O) groups is 1. The van der Waals surface area contributed by atoms with Gasteiger partial charge in [-0.25, -0.2) is 9.78 Å². The zero-order chi connectivity index (χ0) is 16.1. The predicted octanol–water partition coefficient (Wildman–Crippen LogP) is 3.15. The molecular formula is C19H15N2O2Pt-. The van der Waals surface area contributed by atoms with Gasteiger partial charge < -0.3 is 5.11 Å². The molecule has 0 amide bonds. The van der Waals surface area contributed by atoms with Gasteiger partial charge >= 0.3 is 5.97 Å². The van der Waals surface area contributed by atoms with Crippen LogP contribution in [0.1, 0.15) is 33.0 Å². The van der Waals surface area contributed by atoms with Crippen molar-refractivity contribution in [1.29, 1.82) is 0 Å². The minimum absolute atomic E-state index is 0. The van der Waals surface area contributed by atoms with Gasteiger partial charge in [0.15, 0.2) is 0 Å². The summed E-state index contributed by atoms with van der Waals surface area (Å²) in [4.78, 5) is 19.5. The zero-order valence-electron chi connectivity index (χ0n) is 12.8. The summed E-state index contributed by atoms with van der Waals surface area (Å²) in [5.41, 5.74) is 3.80. The summed E-state index contributed by atoms with van der Waals surface area (Å²) in [5.74, 6) is -1.01. The molecule has 0 saturated carbocycles. The second-order valence-corrected chi connectivity index (χ2v) is 5.20. The third kappa shape index (κ3) is 4.84. The van der Waals surface area contributed by atoms with Crippen LogP contribution in [0.5, 0.6) is 0 Å². The van der Waals surface area contributed by atoms with E-state index in [1.807, 2.05) is 42.5 Å². The molecule has 0 spiro atoms. The normalized spacial score (nSPS) is 10.0. The van der Waals surface area contributed by atoms with Gasteiger partial charge in [-0.2, -0.15) is 35.4 Å². The van der Waals surface area contributed by atoms with Crippen molar-refractivity contribution in [2.45, 2.75) is 12.8 Å². The van der Waals surface area contributed by atoms with Crippen molar-refractivity contribution in [2.24, 2.45) is 0 Å². The maximum Gasteiger partial charge on any atom is 0.354 e. The molecule has 4 nitrogen and oxygen atoms in total. The fraction of sp³-hybridized carbons (Fsp3) is 0.105. The quantitative estimate of drug-likeness (QED) is 0.550. The summed E-state index contributed by atoms with van der Waals surface area (Å²) in [5, 5.41) is 9.01. The number of carboxylic acids is 1. The molecule has 2 heterocycles. The van der Waals surface area contributed by atoms with Crippen molar-refractivity contribution in [1.82, 2.24) is 9.97 Å². The van der Waals surface area contributed by atoms with Crippen LogP contribution in [0.25, 0.3) is 0 Å². The number of rotatable bonds is 5. The van der Waals surface area contributed by atoms with E-state index in [2.05, 4.69) is 16.0 Å². The van der Waals surface area contributed by atoms with Gasteiger partial charge in [0.1, 0.15) is 5.69 Å². The fourth-order valence-electron chi connectivity index (χ4n) is 2.37. The largest absolute Gasteiger partial charge is 0.477 e. The van der Waals surface area contributed by atoms with E-state index in [0.29, 0.717) is 6.42 Å². The predicted molar refractivity (Wildman–Crippen MR) is 86.3 cm³/mol. The van der Waals surface area contributed by atoms with E-state index in [1.165, 1.54) is 6.07 Å². The van der Waals surface area contributed by atoms with Gasteiger partial charge in [-0.3, -0.25) is 4.98 Å². The number of nitrogens with zero attached hydrogens (tertiary/aromatic N) is 2. The minimum atomic E-state index is -1.01. The molecule has 0 unspecified atom stereocenters. The van der Waals surface area contributed by atoms with Crippen molar-refractivity contribution in [3.63, 3.8) is 0 Å². The first kappa shape index (κ1) is 18.0. The van der Waals surface area contributed by atoms with Gasteiger partial charge in [0, 0.05) is 38.6 Å². The van der Waals surface area contributed by atoms with Gasteiger partial charge in [-0.1, -0.05) is 12.1 Å². The molecular weight excluding hydrogens is 483 g/mol. The average Bonchev–Trinajstić information content (AvgIpc) is 2.56. The van der Waals surface area contributed by atoms with Crippen molar-refractivity contribution in [3.8, 4) is 0 Å². The third-order valence-electron chi connectivity index (χ3n) is 3.41. The molecule has 3 aromatic rings. The van der Waals surface area contributed by atoms with E-state index in [4.69, 9.17) is 5.11 Å². The first-order valence-electron chi connectivity index (χ1n) is 7.30. The summed E-state index contributed by atoms with van der Waals surface area (Å²) in [6.45, 7) is 0. The summed E-state index contributed by atoms with van der Waals surface area (Å²) >= 11 is 0. The molecule has 0 atom stereocenters. The maximum atomic E-state index is 11.0. The fourth-order valence-corrected chi connectivity index (χ4v) is 2.37. The number of carboxylic acid groups (broad SMARTS) is 1. The van der Waals surface area contributed by atoms with Crippen LogP contribution in [-0.4, -0.2) is 21.0 Å². The van der Waals surface area contributed by atoms with E-state index in [9.17, 15) is 4.79 Å². The summed E-state index contributed by atoms with van der Waals surface area (Å²) < 4.78 is 0.